The molecule has 3 heterocycles. The third-order valence-electron chi connectivity index (χ3n) is 3.78. The highest BCUT2D eigenvalue weighted by Crippen LogP contribution is 2.18. The fourth-order valence-electron chi connectivity index (χ4n) is 2.69. The van der Waals surface area contributed by atoms with Crippen molar-refractivity contribution in [3.63, 3.8) is 0 Å². The van der Waals surface area contributed by atoms with Crippen LogP contribution in [0.5, 0.6) is 0 Å². The smallest absolute Gasteiger partial charge is 0.244 e. The molecule has 0 aliphatic rings. The number of carbonyl (C=O) groups excluding carboxylic acids is 1. The average Bonchev–Trinajstić information content (AvgIpc) is 3.26. The number of carbonyl (C=O) groups is 1. The van der Waals surface area contributed by atoms with Crippen molar-refractivity contribution in [1.29, 1.82) is 0 Å². The van der Waals surface area contributed by atoms with E-state index in [1.165, 1.54) is 0 Å². The third-order valence-corrected chi connectivity index (χ3v) is 3.78. The topological polar surface area (TPSA) is 64.7 Å². The quantitative estimate of drug-likeness (QED) is 0.629. The fourth-order valence-corrected chi connectivity index (χ4v) is 2.69. The maximum atomic E-state index is 12.5. The molecule has 0 saturated heterocycles. The lowest BCUT2D eigenvalue weighted by Gasteiger charge is -2.11. The first-order valence-electron chi connectivity index (χ1n) is 7.60. The highest BCUT2D eigenvalue weighted by Gasteiger charge is 2.11. The van der Waals surface area contributed by atoms with Crippen molar-refractivity contribution in [3.05, 3.63) is 73.3 Å². The number of aromatic nitrogens is 4. The van der Waals surface area contributed by atoms with Crippen LogP contribution in [0, 0.1) is 0 Å². The molecule has 0 spiro atoms. The lowest BCUT2D eigenvalue weighted by atomic mass is 10.2. The van der Waals surface area contributed by atoms with Gasteiger partial charge in [-0.15, -0.1) is 0 Å². The Hall–Kier alpha value is -3.41. The Bertz CT molecular complexity index is 988. The van der Waals surface area contributed by atoms with E-state index in [0.717, 1.165) is 10.9 Å². The summed E-state index contributed by atoms with van der Waals surface area (Å²) in [4.78, 5) is 16.8. The average molecular weight is 317 g/mol. The molecule has 0 aliphatic heterocycles. The van der Waals surface area contributed by atoms with E-state index in [1.807, 2.05) is 53.2 Å². The van der Waals surface area contributed by atoms with E-state index >= 15 is 0 Å². The highest BCUT2D eigenvalue weighted by molar-refractivity contribution is 5.93. The van der Waals surface area contributed by atoms with Crippen molar-refractivity contribution >= 4 is 22.5 Å². The van der Waals surface area contributed by atoms with Crippen molar-refractivity contribution in [2.75, 3.05) is 5.32 Å². The summed E-state index contributed by atoms with van der Waals surface area (Å²) in [5.74, 6) is 0.478. The first kappa shape index (κ1) is 14.2. The molecule has 4 aromatic rings. The minimum atomic E-state index is -0.113. The molecule has 0 unspecified atom stereocenters. The first-order valence-corrected chi connectivity index (χ1v) is 7.60. The summed E-state index contributed by atoms with van der Waals surface area (Å²) < 4.78 is 3.55. The predicted octanol–water partition coefficient (Wildman–Crippen LogP) is 2.86. The third kappa shape index (κ3) is 2.65. The Kier molecular flexibility index (Phi) is 3.55. The molecule has 0 radical (unpaired) electrons. The lowest BCUT2D eigenvalue weighted by molar-refractivity contribution is -0.116. The van der Waals surface area contributed by atoms with Gasteiger partial charge in [-0.2, -0.15) is 5.10 Å². The maximum absolute atomic E-state index is 12.5. The van der Waals surface area contributed by atoms with Gasteiger partial charge in [-0.25, -0.2) is 9.67 Å². The van der Waals surface area contributed by atoms with Gasteiger partial charge in [0.05, 0.1) is 5.69 Å². The van der Waals surface area contributed by atoms with Gasteiger partial charge in [0.25, 0.3) is 0 Å². The molecule has 0 aliphatic carbocycles. The molecule has 1 N–H and O–H groups in total. The number of amides is 1. The van der Waals surface area contributed by atoms with Crippen LogP contribution in [-0.2, 0) is 11.3 Å². The van der Waals surface area contributed by atoms with Crippen LogP contribution in [0.1, 0.15) is 0 Å². The minimum Gasteiger partial charge on any atom is -0.338 e. The summed E-state index contributed by atoms with van der Waals surface area (Å²) in [6, 6.07) is 15.4. The number of hydrogen-bond acceptors (Lipinski definition) is 3. The summed E-state index contributed by atoms with van der Waals surface area (Å²) in [5, 5.41) is 8.20. The minimum absolute atomic E-state index is 0.113. The van der Waals surface area contributed by atoms with Crippen LogP contribution in [0.25, 0.3) is 16.7 Å². The van der Waals surface area contributed by atoms with E-state index in [1.54, 1.807) is 29.3 Å². The van der Waals surface area contributed by atoms with Gasteiger partial charge in [-0.3, -0.25) is 4.79 Å². The van der Waals surface area contributed by atoms with Crippen LogP contribution in [0.15, 0.2) is 73.3 Å². The molecule has 0 saturated carbocycles. The zero-order valence-corrected chi connectivity index (χ0v) is 12.8. The van der Waals surface area contributed by atoms with E-state index in [4.69, 9.17) is 0 Å². The first-order chi connectivity index (χ1) is 11.8. The van der Waals surface area contributed by atoms with Gasteiger partial charge >= 0.3 is 0 Å². The fraction of sp³-hybridized carbons (Fsp3) is 0.0556. The van der Waals surface area contributed by atoms with Crippen LogP contribution in [0.3, 0.4) is 0 Å². The Balaban J connectivity index is 1.57. The van der Waals surface area contributed by atoms with Crippen LogP contribution in [-0.4, -0.2) is 25.2 Å². The molecule has 6 nitrogen and oxygen atoms in total. The Morgan fingerprint density at radius 3 is 2.79 bits per heavy atom. The molecule has 0 atom stereocenters. The number of rotatable bonds is 4. The zero-order valence-electron chi connectivity index (χ0n) is 12.8. The second kappa shape index (κ2) is 6.00. The predicted molar refractivity (Wildman–Crippen MR) is 91.9 cm³/mol. The lowest BCUT2D eigenvalue weighted by Crippen LogP contribution is -2.19. The molecule has 118 valence electrons. The van der Waals surface area contributed by atoms with Gasteiger partial charge in [0.15, 0.2) is 5.82 Å². The van der Waals surface area contributed by atoms with E-state index in [-0.39, 0.29) is 12.5 Å². The van der Waals surface area contributed by atoms with Crippen LogP contribution < -0.4 is 5.32 Å². The summed E-state index contributed by atoms with van der Waals surface area (Å²) in [5.41, 5.74) is 1.66. The molecule has 3 aromatic heterocycles. The standard InChI is InChI=1S/C18H15N5O/c24-17(13-22-12-8-14-5-1-2-7-16(14)22)21-15-6-3-9-19-18(15)23-11-4-10-20-23/h1-12H,13H2,(H,21,24). The molecule has 0 fully saturated rings. The van der Waals surface area contributed by atoms with Gasteiger partial charge < -0.3 is 9.88 Å². The van der Waals surface area contributed by atoms with Gasteiger partial charge in [-0.05, 0) is 35.7 Å². The molecular weight excluding hydrogens is 302 g/mol. The van der Waals surface area contributed by atoms with Crippen LogP contribution in [0.2, 0.25) is 0 Å². The number of anilines is 1. The number of hydrogen-bond donors (Lipinski definition) is 1. The van der Waals surface area contributed by atoms with Gasteiger partial charge in [0.1, 0.15) is 6.54 Å². The zero-order chi connectivity index (χ0) is 16.4. The Morgan fingerprint density at radius 1 is 1.00 bits per heavy atom. The summed E-state index contributed by atoms with van der Waals surface area (Å²) in [6.45, 7) is 0.237. The second-order valence-corrected chi connectivity index (χ2v) is 5.38. The summed E-state index contributed by atoms with van der Waals surface area (Å²) >= 11 is 0. The SMILES string of the molecule is O=C(Cn1ccc2ccccc21)Nc1cccnc1-n1cccn1. The maximum Gasteiger partial charge on any atom is 0.244 e. The van der Waals surface area contributed by atoms with Crippen molar-refractivity contribution in [1.82, 2.24) is 19.3 Å². The molecule has 1 aromatic carbocycles. The molecular formula is C18H15N5O. The molecule has 24 heavy (non-hydrogen) atoms. The van der Waals surface area contributed by atoms with Gasteiger partial charge in [0, 0.05) is 30.3 Å². The molecule has 6 heteroatoms. The van der Waals surface area contributed by atoms with Crippen molar-refractivity contribution < 1.29 is 4.79 Å². The highest BCUT2D eigenvalue weighted by atomic mass is 16.1. The number of nitrogens with one attached hydrogen (secondary N) is 1. The summed E-state index contributed by atoms with van der Waals surface area (Å²) in [7, 11) is 0. The Labute approximate surface area is 138 Å². The van der Waals surface area contributed by atoms with E-state index in [9.17, 15) is 4.79 Å². The van der Waals surface area contributed by atoms with E-state index < -0.39 is 0 Å². The second-order valence-electron chi connectivity index (χ2n) is 5.38. The largest absolute Gasteiger partial charge is 0.338 e. The molecule has 4 rings (SSSR count). The van der Waals surface area contributed by atoms with Crippen LogP contribution >= 0.6 is 0 Å². The number of nitrogens with zero attached hydrogens (tertiary/aromatic N) is 4. The monoisotopic (exact) mass is 317 g/mol. The van der Waals surface area contributed by atoms with Crippen LogP contribution in [0.4, 0.5) is 5.69 Å². The number of pyridine rings is 1. The van der Waals surface area contributed by atoms with Gasteiger partial charge in [-0.1, -0.05) is 18.2 Å². The number of benzene rings is 1. The van der Waals surface area contributed by atoms with Crippen molar-refractivity contribution in [2.24, 2.45) is 0 Å². The molecule has 0 bridgehead atoms. The van der Waals surface area contributed by atoms with Gasteiger partial charge in [0.2, 0.25) is 5.91 Å². The normalized spacial score (nSPS) is 10.8. The summed E-state index contributed by atoms with van der Waals surface area (Å²) in [6.07, 6.45) is 7.05. The van der Waals surface area contributed by atoms with Crippen molar-refractivity contribution in [3.8, 4) is 5.82 Å². The van der Waals surface area contributed by atoms with Crippen molar-refractivity contribution in [2.45, 2.75) is 6.54 Å². The van der Waals surface area contributed by atoms with E-state index in [2.05, 4.69) is 15.4 Å². The molecule has 1 amide bonds. The van der Waals surface area contributed by atoms with E-state index in [0.29, 0.717) is 11.5 Å². The number of fused-ring (bicyclic) bond motifs is 1. The Morgan fingerprint density at radius 2 is 1.92 bits per heavy atom. The number of para-hydroxylation sites is 1.